The summed E-state index contributed by atoms with van der Waals surface area (Å²) in [5.74, 6) is -1.03. The summed E-state index contributed by atoms with van der Waals surface area (Å²) in [6.45, 7) is 5.71. The van der Waals surface area contributed by atoms with Crippen molar-refractivity contribution in [3.05, 3.63) is 99.3 Å². The van der Waals surface area contributed by atoms with Crippen LogP contribution in [0.2, 0.25) is 5.02 Å². The number of piperidine rings is 1. The van der Waals surface area contributed by atoms with E-state index in [0.29, 0.717) is 41.6 Å². The fourth-order valence-electron chi connectivity index (χ4n) is 6.00. The van der Waals surface area contributed by atoms with Gasteiger partial charge in [0.25, 0.3) is 5.91 Å². The van der Waals surface area contributed by atoms with Gasteiger partial charge < -0.3 is 15.0 Å². The maximum atomic E-state index is 14.9. The highest BCUT2D eigenvalue weighted by Crippen LogP contribution is 2.39. The molecule has 7 heteroatoms. The predicted octanol–water partition coefficient (Wildman–Crippen LogP) is 7.30. The third-order valence-corrected chi connectivity index (χ3v) is 8.70. The average molecular weight is 563 g/mol. The van der Waals surface area contributed by atoms with Crippen molar-refractivity contribution < 1.29 is 18.7 Å². The second-order valence-corrected chi connectivity index (χ2v) is 11.5. The molecule has 2 aliphatic rings. The SMILES string of the molecule is Cc1ccc(NC(=O)[C@H]2CCCN(C(=O)c3c(C)cccc3F)[C@H]2c2ccc(CC3CCOCC3)cc2)cc1Cl. The molecule has 2 aliphatic heterocycles. The van der Waals surface area contributed by atoms with Crippen molar-refractivity contribution in [1.82, 2.24) is 4.90 Å². The highest BCUT2D eigenvalue weighted by Gasteiger charge is 2.40. The largest absolute Gasteiger partial charge is 0.381 e. The molecule has 2 amide bonds. The quantitative estimate of drug-likeness (QED) is 0.343. The predicted molar refractivity (Wildman–Crippen MR) is 156 cm³/mol. The first-order chi connectivity index (χ1) is 19.3. The summed E-state index contributed by atoms with van der Waals surface area (Å²) in [7, 11) is 0. The van der Waals surface area contributed by atoms with Gasteiger partial charge in [-0.3, -0.25) is 9.59 Å². The Hall–Kier alpha value is -3.22. The Balaban J connectivity index is 1.46. The number of anilines is 1. The van der Waals surface area contributed by atoms with Crippen molar-refractivity contribution in [3.63, 3.8) is 0 Å². The number of nitrogens with zero attached hydrogens (tertiary/aromatic N) is 1. The van der Waals surface area contributed by atoms with Gasteiger partial charge in [-0.1, -0.05) is 54.1 Å². The van der Waals surface area contributed by atoms with E-state index in [4.69, 9.17) is 16.3 Å². The van der Waals surface area contributed by atoms with Gasteiger partial charge in [-0.25, -0.2) is 4.39 Å². The van der Waals surface area contributed by atoms with E-state index in [1.807, 2.05) is 31.2 Å². The van der Waals surface area contributed by atoms with Crippen LogP contribution in [-0.2, 0) is 16.0 Å². The molecule has 210 valence electrons. The van der Waals surface area contributed by atoms with E-state index in [-0.39, 0.29) is 17.4 Å². The van der Waals surface area contributed by atoms with E-state index in [1.54, 1.807) is 30.0 Å². The Bertz CT molecular complexity index is 1350. The van der Waals surface area contributed by atoms with Gasteiger partial charge in [0.2, 0.25) is 5.91 Å². The zero-order valence-corrected chi connectivity index (χ0v) is 23.8. The van der Waals surface area contributed by atoms with E-state index in [9.17, 15) is 14.0 Å². The second kappa shape index (κ2) is 12.5. The zero-order valence-electron chi connectivity index (χ0n) is 23.1. The molecule has 2 atom stereocenters. The third kappa shape index (κ3) is 6.24. The van der Waals surface area contributed by atoms with Gasteiger partial charge in [0.05, 0.1) is 17.5 Å². The van der Waals surface area contributed by atoms with Crippen LogP contribution < -0.4 is 5.32 Å². The number of aryl methyl sites for hydroxylation is 2. The van der Waals surface area contributed by atoms with Gasteiger partial charge in [-0.15, -0.1) is 0 Å². The van der Waals surface area contributed by atoms with Crippen LogP contribution in [0.4, 0.5) is 10.1 Å². The summed E-state index contributed by atoms with van der Waals surface area (Å²) in [4.78, 5) is 29.3. The minimum Gasteiger partial charge on any atom is -0.381 e. The molecule has 0 unspecified atom stereocenters. The summed E-state index contributed by atoms with van der Waals surface area (Å²) >= 11 is 6.31. The average Bonchev–Trinajstić information content (AvgIpc) is 2.95. The number of hydrogen-bond donors (Lipinski definition) is 1. The molecule has 3 aromatic rings. The number of nitrogens with one attached hydrogen (secondary N) is 1. The summed E-state index contributed by atoms with van der Waals surface area (Å²) < 4.78 is 20.4. The molecule has 0 bridgehead atoms. The minimum atomic E-state index is -0.545. The lowest BCUT2D eigenvalue weighted by atomic mass is 9.82. The number of rotatable bonds is 6. The van der Waals surface area contributed by atoms with Crippen molar-refractivity contribution in [3.8, 4) is 0 Å². The Morgan fingerprint density at radius 3 is 2.45 bits per heavy atom. The molecule has 2 fully saturated rings. The molecule has 0 aliphatic carbocycles. The number of likely N-dealkylation sites (tertiary alicyclic amines) is 1. The smallest absolute Gasteiger partial charge is 0.257 e. The first kappa shape index (κ1) is 28.3. The molecular formula is C33H36ClFN2O3. The van der Waals surface area contributed by atoms with E-state index in [0.717, 1.165) is 43.6 Å². The van der Waals surface area contributed by atoms with Crippen LogP contribution in [0.1, 0.15) is 64.3 Å². The van der Waals surface area contributed by atoms with Crippen molar-refractivity contribution in [1.29, 1.82) is 0 Å². The minimum absolute atomic E-state index is 0.0648. The molecule has 40 heavy (non-hydrogen) atoms. The number of amides is 2. The van der Waals surface area contributed by atoms with Crippen LogP contribution in [0.25, 0.3) is 0 Å². The van der Waals surface area contributed by atoms with Gasteiger partial charge in [0, 0.05) is 30.5 Å². The topological polar surface area (TPSA) is 58.6 Å². The second-order valence-electron chi connectivity index (χ2n) is 11.1. The van der Waals surface area contributed by atoms with Crippen LogP contribution in [0.3, 0.4) is 0 Å². The summed E-state index contributed by atoms with van der Waals surface area (Å²) in [6, 6.07) is 17.8. The van der Waals surface area contributed by atoms with Crippen LogP contribution >= 0.6 is 11.6 Å². The first-order valence-electron chi connectivity index (χ1n) is 14.1. The third-order valence-electron chi connectivity index (χ3n) is 8.29. The lowest BCUT2D eigenvalue weighted by molar-refractivity contribution is -0.123. The highest BCUT2D eigenvalue weighted by molar-refractivity contribution is 6.31. The molecule has 0 saturated carbocycles. The molecule has 1 N–H and O–H groups in total. The van der Waals surface area contributed by atoms with Gasteiger partial charge in [-0.05, 0) is 92.3 Å². The Labute approximate surface area is 240 Å². The van der Waals surface area contributed by atoms with E-state index >= 15 is 0 Å². The van der Waals surface area contributed by atoms with E-state index < -0.39 is 17.8 Å². The highest BCUT2D eigenvalue weighted by atomic mass is 35.5. The van der Waals surface area contributed by atoms with Crippen LogP contribution in [0.15, 0.2) is 60.7 Å². The molecule has 2 heterocycles. The Morgan fingerprint density at radius 1 is 1.00 bits per heavy atom. The number of carbonyl (C=O) groups is 2. The molecule has 0 spiro atoms. The zero-order chi connectivity index (χ0) is 28.2. The van der Waals surface area contributed by atoms with Crippen molar-refractivity contribution in [2.75, 3.05) is 25.1 Å². The van der Waals surface area contributed by atoms with Crippen molar-refractivity contribution in [2.24, 2.45) is 11.8 Å². The van der Waals surface area contributed by atoms with Crippen LogP contribution in [0, 0.1) is 31.5 Å². The molecule has 5 rings (SSSR count). The Morgan fingerprint density at radius 2 is 1.75 bits per heavy atom. The summed E-state index contributed by atoms with van der Waals surface area (Å²) in [6.07, 6.45) is 4.34. The van der Waals surface area contributed by atoms with Gasteiger partial charge in [-0.2, -0.15) is 0 Å². The monoisotopic (exact) mass is 562 g/mol. The Kier molecular flexibility index (Phi) is 8.87. The lowest BCUT2D eigenvalue weighted by Crippen LogP contribution is -2.46. The number of benzene rings is 3. The fourth-order valence-corrected chi connectivity index (χ4v) is 6.18. The normalized spacial score (nSPS) is 19.9. The van der Waals surface area contributed by atoms with Crippen molar-refractivity contribution >= 4 is 29.1 Å². The molecule has 3 aromatic carbocycles. The number of ether oxygens (including phenoxy) is 1. The van der Waals surface area contributed by atoms with Crippen LogP contribution in [-0.4, -0.2) is 36.5 Å². The van der Waals surface area contributed by atoms with Gasteiger partial charge >= 0.3 is 0 Å². The van der Waals surface area contributed by atoms with Gasteiger partial charge in [0.1, 0.15) is 5.82 Å². The molecule has 0 radical (unpaired) electrons. The number of halogens is 2. The van der Waals surface area contributed by atoms with E-state index in [1.165, 1.54) is 11.6 Å². The van der Waals surface area contributed by atoms with Crippen LogP contribution in [0.5, 0.6) is 0 Å². The molecule has 2 saturated heterocycles. The standard InChI is InChI=1S/C33H36ClFN2O3/c1-21-8-13-26(20-28(21)34)36-32(38)27-6-4-16-37(33(39)30-22(2)5-3-7-29(30)35)31(27)25-11-9-23(10-12-25)19-24-14-17-40-18-15-24/h3,5,7-13,20,24,27,31H,4,6,14-19H2,1-2H3,(H,36,38)/t27-,31-/m0/s1. The fraction of sp³-hybridized carbons (Fsp3) is 0.394. The maximum Gasteiger partial charge on any atom is 0.257 e. The molecule has 0 aromatic heterocycles. The van der Waals surface area contributed by atoms with Crippen molar-refractivity contribution in [2.45, 2.75) is 52.0 Å². The summed E-state index contributed by atoms with van der Waals surface area (Å²) in [5.41, 5.74) is 4.28. The molecular weight excluding hydrogens is 527 g/mol. The van der Waals surface area contributed by atoms with E-state index in [2.05, 4.69) is 17.4 Å². The van der Waals surface area contributed by atoms with Gasteiger partial charge in [0.15, 0.2) is 0 Å². The molecule has 5 nitrogen and oxygen atoms in total. The maximum absolute atomic E-state index is 14.9. The number of carbonyl (C=O) groups excluding carboxylic acids is 2. The first-order valence-corrected chi connectivity index (χ1v) is 14.5. The number of hydrogen-bond acceptors (Lipinski definition) is 3. The summed E-state index contributed by atoms with van der Waals surface area (Å²) in [5, 5.41) is 3.59. The lowest BCUT2D eigenvalue weighted by Gasteiger charge is -2.41.